The second-order valence-electron chi connectivity index (χ2n) is 7.64. The van der Waals surface area contributed by atoms with Gasteiger partial charge in [-0.15, -0.1) is 0 Å². The maximum absolute atomic E-state index is 12.5. The molecule has 0 heterocycles. The molecule has 172 valence electrons. The van der Waals surface area contributed by atoms with Crippen LogP contribution < -0.4 is 20.1 Å². The van der Waals surface area contributed by atoms with Gasteiger partial charge in [0.2, 0.25) is 0 Å². The number of hydrogen-bond acceptors (Lipinski definition) is 5. The Morgan fingerprint density at radius 3 is 2.30 bits per heavy atom. The molecule has 1 amide bonds. The second-order valence-corrected chi connectivity index (χ2v) is 9.73. The standard InChI is InChI=1S/C24H25N3O4S2/c1-17(2)16-31-21-10-6-7-18(15-21)23(28)26-24(32)25-19-11-13-22(14-12-19)33(29,30)27-20-8-4-3-5-9-20/h3-15,17,27H,16H2,1-2H3,(H2,25,26,28,32). The first-order chi connectivity index (χ1) is 15.7. The van der Waals surface area contributed by atoms with E-state index in [1.807, 2.05) is 13.8 Å². The zero-order valence-electron chi connectivity index (χ0n) is 18.2. The molecule has 3 aromatic carbocycles. The molecule has 0 radical (unpaired) electrons. The number of rotatable bonds is 8. The maximum atomic E-state index is 12.5. The average Bonchev–Trinajstić information content (AvgIpc) is 2.78. The van der Waals surface area contributed by atoms with Crippen LogP contribution >= 0.6 is 12.2 Å². The van der Waals surface area contributed by atoms with Gasteiger partial charge in [0.1, 0.15) is 5.75 Å². The fourth-order valence-electron chi connectivity index (χ4n) is 2.77. The number of hydrogen-bond donors (Lipinski definition) is 3. The minimum Gasteiger partial charge on any atom is -0.493 e. The molecule has 0 fully saturated rings. The topological polar surface area (TPSA) is 96.5 Å². The number of para-hydroxylation sites is 1. The minimum absolute atomic E-state index is 0.0894. The van der Waals surface area contributed by atoms with Crippen LogP contribution in [-0.4, -0.2) is 26.0 Å². The second kappa shape index (κ2) is 10.9. The van der Waals surface area contributed by atoms with Gasteiger partial charge >= 0.3 is 0 Å². The third kappa shape index (κ3) is 7.30. The molecule has 9 heteroatoms. The van der Waals surface area contributed by atoms with E-state index in [9.17, 15) is 13.2 Å². The van der Waals surface area contributed by atoms with E-state index >= 15 is 0 Å². The van der Waals surface area contributed by atoms with Gasteiger partial charge in [0, 0.05) is 16.9 Å². The fourth-order valence-corrected chi connectivity index (χ4v) is 4.03. The van der Waals surface area contributed by atoms with Crippen molar-refractivity contribution >= 4 is 44.6 Å². The molecule has 0 aliphatic rings. The van der Waals surface area contributed by atoms with E-state index in [0.717, 1.165) is 0 Å². The quantitative estimate of drug-likeness (QED) is 0.404. The van der Waals surface area contributed by atoms with Crippen molar-refractivity contribution in [2.75, 3.05) is 16.6 Å². The van der Waals surface area contributed by atoms with Gasteiger partial charge in [-0.2, -0.15) is 0 Å². The molecule has 7 nitrogen and oxygen atoms in total. The molecule has 3 aromatic rings. The molecule has 0 aliphatic heterocycles. The van der Waals surface area contributed by atoms with Crippen LogP contribution in [0.15, 0.2) is 83.8 Å². The number of thiocarbonyl (C=S) groups is 1. The summed E-state index contributed by atoms with van der Waals surface area (Å²) in [6.07, 6.45) is 0. The largest absolute Gasteiger partial charge is 0.493 e. The Morgan fingerprint density at radius 1 is 0.939 bits per heavy atom. The molecule has 33 heavy (non-hydrogen) atoms. The molecular weight excluding hydrogens is 458 g/mol. The fraction of sp³-hybridized carbons (Fsp3) is 0.167. The molecular formula is C24H25N3O4S2. The van der Waals surface area contributed by atoms with E-state index in [1.165, 1.54) is 12.1 Å². The smallest absolute Gasteiger partial charge is 0.261 e. The Hall–Kier alpha value is -3.43. The van der Waals surface area contributed by atoms with Gasteiger partial charge < -0.3 is 10.1 Å². The van der Waals surface area contributed by atoms with Crippen molar-refractivity contribution in [2.45, 2.75) is 18.7 Å². The molecule has 0 spiro atoms. The molecule has 0 aliphatic carbocycles. The van der Waals surface area contributed by atoms with E-state index in [1.54, 1.807) is 66.7 Å². The minimum atomic E-state index is -3.72. The van der Waals surface area contributed by atoms with Gasteiger partial charge in [-0.1, -0.05) is 38.1 Å². The normalized spacial score (nSPS) is 11.0. The highest BCUT2D eigenvalue weighted by Gasteiger charge is 2.14. The zero-order chi connectivity index (χ0) is 23.8. The highest BCUT2D eigenvalue weighted by atomic mass is 32.2. The monoisotopic (exact) mass is 483 g/mol. The Morgan fingerprint density at radius 2 is 1.64 bits per heavy atom. The van der Waals surface area contributed by atoms with Crippen molar-refractivity contribution < 1.29 is 17.9 Å². The lowest BCUT2D eigenvalue weighted by Gasteiger charge is -2.12. The summed E-state index contributed by atoms with van der Waals surface area (Å²) in [6.45, 7) is 4.64. The van der Waals surface area contributed by atoms with Gasteiger partial charge in [0.15, 0.2) is 5.11 Å². The number of sulfonamides is 1. The summed E-state index contributed by atoms with van der Waals surface area (Å²) < 4.78 is 33.2. The van der Waals surface area contributed by atoms with E-state index in [4.69, 9.17) is 17.0 Å². The van der Waals surface area contributed by atoms with Gasteiger partial charge in [-0.3, -0.25) is 14.8 Å². The Kier molecular flexibility index (Phi) is 8.02. The van der Waals surface area contributed by atoms with Crippen molar-refractivity contribution in [3.8, 4) is 5.75 Å². The van der Waals surface area contributed by atoms with Crippen molar-refractivity contribution in [1.82, 2.24) is 5.32 Å². The molecule has 0 unspecified atom stereocenters. The predicted octanol–water partition coefficient (Wildman–Crippen LogP) is 4.65. The Balaban J connectivity index is 1.58. The van der Waals surface area contributed by atoms with Crippen molar-refractivity contribution in [1.29, 1.82) is 0 Å². The first-order valence-electron chi connectivity index (χ1n) is 10.3. The average molecular weight is 484 g/mol. The zero-order valence-corrected chi connectivity index (χ0v) is 19.9. The first-order valence-corrected chi connectivity index (χ1v) is 12.2. The van der Waals surface area contributed by atoms with Gasteiger partial charge in [-0.05, 0) is 72.7 Å². The Bertz CT molecular complexity index is 1210. The summed E-state index contributed by atoms with van der Waals surface area (Å²) in [4.78, 5) is 12.6. The van der Waals surface area contributed by atoms with Crippen molar-refractivity contribution in [3.63, 3.8) is 0 Å². The number of carbonyl (C=O) groups excluding carboxylic acids is 1. The van der Waals surface area contributed by atoms with E-state index in [-0.39, 0.29) is 15.9 Å². The number of benzene rings is 3. The number of nitrogens with one attached hydrogen (secondary N) is 3. The number of ether oxygens (including phenoxy) is 1. The third-order valence-electron chi connectivity index (χ3n) is 4.36. The van der Waals surface area contributed by atoms with Crippen LogP contribution in [0.1, 0.15) is 24.2 Å². The van der Waals surface area contributed by atoms with Crippen LogP contribution in [0, 0.1) is 5.92 Å². The molecule has 0 aromatic heterocycles. The van der Waals surface area contributed by atoms with Crippen molar-refractivity contribution in [2.24, 2.45) is 5.92 Å². The van der Waals surface area contributed by atoms with Crippen LogP contribution in [0.2, 0.25) is 0 Å². The summed E-state index contributed by atoms with van der Waals surface area (Å²) in [5.74, 6) is 0.597. The lowest BCUT2D eigenvalue weighted by Crippen LogP contribution is -2.34. The molecule has 3 N–H and O–H groups in total. The van der Waals surface area contributed by atoms with E-state index in [2.05, 4.69) is 15.4 Å². The maximum Gasteiger partial charge on any atom is 0.261 e. The molecule has 0 saturated carbocycles. The molecule has 0 bridgehead atoms. The van der Waals surface area contributed by atoms with E-state index in [0.29, 0.717) is 35.2 Å². The lowest BCUT2D eigenvalue weighted by molar-refractivity contribution is 0.0977. The summed E-state index contributed by atoms with van der Waals surface area (Å²) in [7, 11) is -3.72. The predicted molar refractivity (Wildman–Crippen MR) is 134 cm³/mol. The molecule has 3 rings (SSSR count). The summed E-state index contributed by atoms with van der Waals surface area (Å²) in [5, 5.41) is 5.58. The summed E-state index contributed by atoms with van der Waals surface area (Å²) >= 11 is 5.22. The number of amides is 1. The van der Waals surface area contributed by atoms with Crippen LogP contribution in [0.4, 0.5) is 11.4 Å². The Labute approximate surface area is 199 Å². The van der Waals surface area contributed by atoms with Crippen LogP contribution in [0.3, 0.4) is 0 Å². The van der Waals surface area contributed by atoms with E-state index < -0.39 is 10.0 Å². The lowest BCUT2D eigenvalue weighted by atomic mass is 10.2. The van der Waals surface area contributed by atoms with Crippen LogP contribution in [0.5, 0.6) is 5.75 Å². The summed E-state index contributed by atoms with van der Waals surface area (Å²) in [6, 6.07) is 21.5. The van der Waals surface area contributed by atoms with Crippen molar-refractivity contribution in [3.05, 3.63) is 84.4 Å². The SMILES string of the molecule is CC(C)COc1cccc(C(=O)NC(=S)Nc2ccc(S(=O)(=O)Nc3ccccc3)cc2)c1. The van der Waals surface area contributed by atoms with Crippen LogP contribution in [-0.2, 0) is 10.0 Å². The van der Waals surface area contributed by atoms with Crippen LogP contribution in [0.25, 0.3) is 0 Å². The highest BCUT2D eigenvalue weighted by Crippen LogP contribution is 2.18. The molecule has 0 atom stereocenters. The third-order valence-corrected chi connectivity index (χ3v) is 5.96. The number of anilines is 2. The molecule has 0 saturated heterocycles. The van der Waals surface area contributed by atoms with Gasteiger partial charge in [0.25, 0.3) is 15.9 Å². The van der Waals surface area contributed by atoms with Gasteiger partial charge in [-0.25, -0.2) is 8.42 Å². The first kappa shape index (κ1) is 24.2. The number of carbonyl (C=O) groups is 1. The van der Waals surface area contributed by atoms with Gasteiger partial charge in [0.05, 0.1) is 11.5 Å². The highest BCUT2D eigenvalue weighted by molar-refractivity contribution is 7.92. The summed E-state index contributed by atoms with van der Waals surface area (Å²) in [5.41, 5.74) is 1.42.